The van der Waals surface area contributed by atoms with Gasteiger partial charge in [0.15, 0.2) is 11.4 Å². The molecule has 2 aromatic rings. The Morgan fingerprint density at radius 2 is 2.08 bits per heavy atom. The summed E-state index contributed by atoms with van der Waals surface area (Å²) in [5.41, 5.74) is 13.7. The quantitative estimate of drug-likeness (QED) is 0.730. The van der Waals surface area contributed by atoms with Gasteiger partial charge in [-0.3, -0.25) is 14.2 Å². The van der Waals surface area contributed by atoms with Crippen LogP contribution < -0.4 is 11.5 Å². The number of fused-ring (bicyclic) bond motifs is 1. The fourth-order valence-electron chi connectivity index (χ4n) is 3.16. The lowest BCUT2D eigenvalue weighted by molar-refractivity contribution is 0.0994. The second kappa shape index (κ2) is 5.73. The lowest BCUT2D eigenvalue weighted by atomic mass is 9.93. The lowest BCUT2D eigenvalue weighted by Gasteiger charge is -2.24. The van der Waals surface area contributed by atoms with Crippen molar-refractivity contribution < 1.29 is 14.7 Å². The molecule has 1 atom stereocenters. The maximum Gasteiger partial charge on any atom is 0.254 e. The highest BCUT2D eigenvalue weighted by molar-refractivity contribution is 6.10. The van der Waals surface area contributed by atoms with Crippen LogP contribution in [0.5, 0.6) is 0 Å². The van der Waals surface area contributed by atoms with Gasteiger partial charge in [-0.15, -0.1) is 0 Å². The molecule has 0 saturated heterocycles. The van der Waals surface area contributed by atoms with Crippen molar-refractivity contribution in [2.75, 3.05) is 5.73 Å². The minimum Gasteiger partial charge on any atom is -0.508 e. The van der Waals surface area contributed by atoms with Crippen molar-refractivity contribution in [3.8, 4) is 0 Å². The summed E-state index contributed by atoms with van der Waals surface area (Å²) in [6.07, 6.45) is 3.69. The Bertz CT molecular complexity index is 984. The molecule has 0 radical (unpaired) electrons. The number of ketones is 1. The van der Waals surface area contributed by atoms with E-state index in [0.717, 1.165) is 5.70 Å². The van der Waals surface area contributed by atoms with Crippen LogP contribution in [0.1, 0.15) is 48.0 Å². The fourth-order valence-corrected chi connectivity index (χ4v) is 3.16. The van der Waals surface area contributed by atoms with Gasteiger partial charge >= 0.3 is 0 Å². The molecule has 1 unspecified atom stereocenters. The first-order valence-electron chi connectivity index (χ1n) is 7.82. The predicted octanol–water partition coefficient (Wildman–Crippen LogP) is 2.03. The molecular formula is C17H19N5O3. The first-order valence-corrected chi connectivity index (χ1v) is 7.82. The molecule has 0 bridgehead atoms. The molecule has 0 aliphatic heterocycles. The summed E-state index contributed by atoms with van der Waals surface area (Å²) in [7, 11) is 0. The molecule has 8 nitrogen and oxygen atoms in total. The Morgan fingerprint density at radius 3 is 2.68 bits per heavy atom. The van der Waals surface area contributed by atoms with E-state index in [2.05, 4.69) is 9.97 Å². The van der Waals surface area contributed by atoms with Crippen LogP contribution in [0, 0.1) is 5.92 Å². The second-order valence-electron chi connectivity index (χ2n) is 6.18. The Hall–Kier alpha value is -3.16. The number of amides is 1. The number of aliphatic hydroxyl groups excluding tert-OH is 1. The maximum atomic E-state index is 11.9. The van der Waals surface area contributed by atoms with Gasteiger partial charge in [-0.1, -0.05) is 6.92 Å². The van der Waals surface area contributed by atoms with Crippen molar-refractivity contribution in [3.05, 3.63) is 34.9 Å². The second-order valence-corrected chi connectivity index (χ2v) is 6.18. The Morgan fingerprint density at radius 1 is 1.40 bits per heavy atom. The van der Waals surface area contributed by atoms with Gasteiger partial charge in [0.05, 0.1) is 6.20 Å². The van der Waals surface area contributed by atoms with Gasteiger partial charge in [0.25, 0.3) is 5.91 Å². The van der Waals surface area contributed by atoms with Crippen molar-refractivity contribution in [2.24, 2.45) is 11.7 Å². The van der Waals surface area contributed by atoms with Crippen LogP contribution in [0.25, 0.3) is 16.9 Å². The topological polar surface area (TPSA) is 137 Å². The summed E-state index contributed by atoms with van der Waals surface area (Å²) in [5, 5.41) is 10.1. The largest absolute Gasteiger partial charge is 0.508 e. The Balaban J connectivity index is 2.43. The van der Waals surface area contributed by atoms with Crippen molar-refractivity contribution in [1.29, 1.82) is 0 Å². The standard InChI is InChI=1S/C17H19N5O3/c1-7-4-5-11(24)8(2)14(7)22-15(18)12(16(19)25)13-17(22)20-6-10(21-13)9(3)23/h5-7,24H,4,18H2,1-3H3,(H2,19,25). The number of rotatable bonds is 3. The number of nitrogens with zero attached hydrogens (tertiary/aromatic N) is 3. The molecule has 0 spiro atoms. The van der Waals surface area contributed by atoms with Gasteiger partial charge < -0.3 is 16.6 Å². The molecule has 1 amide bonds. The molecule has 8 heteroatoms. The van der Waals surface area contributed by atoms with E-state index >= 15 is 0 Å². The molecule has 2 aromatic heterocycles. The van der Waals surface area contributed by atoms with E-state index in [0.29, 0.717) is 17.6 Å². The third-order valence-corrected chi connectivity index (χ3v) is 4.45. The first kappa shape index (κ1) is 16.7. The van der Waals surface area contributed by atoms with E-state index in [4.69, 9.17) is 11.5 Å². The van der Waals surface area contributed by atoms with Gasteiger partial charge in [-0.05, 0) is 19.4 Å². The van der Waals surface area contributed by atoms with Crippen LogP contribution in [-0.4, -0.2) is 31.3 Å². The number of anilines is 1. The smallest absolute Gasteiger partial charge is 0.254 e. The maximum absolute atomic E-state index is 11.9. The molecule has 0 saturated carbocycles. The highest BCUT2D eigenvalue weighted by atomic mass is 16.3. The van der Waals surface area contributed by atoms with E-state index in [9.17, 15) is 14.7 Å². The average molecular weight is 341 g/mol. The van der Waals surface area contributed by atoms with Crippen LogP contribution in [0.2, 0.25) is 0 Å². The van der Waals surface area contributed by atoms with E-state index < -0.39 is 5.91 Å². The third kappa shape index (κ3) is 2.46. The predicted molar refractivity (Wildman–Crippen MR) is 93.8 cm³/mol. The zero-order valence-electron chi connectivity index (χ0n) is 14.2. The number of Topliss-reactive ketones (excluding diaryl/α,β-unsaturated/α-hetero) is 1. The van der Waals surface area contributed by atoms with Crippen LogP contribution in [0.4, 0.5) is 5.82 Å². The number of aromatic nitrogens is 3. The molecule has 3 rings (SSSR count). The summed E-state index contributed by atoms with van der Waals surface area (Å²) in [4.78, 5) is 32.1. The molecule has 1 aliphatic carbocycles. The highest BCUT2D eigenvalue weighted by Gasteiger charge is 2.29. The molecule has 0 aromatic carbocycles. The van der Waals surface area contributed by atoms with Crippen LogP contribution in [0.3, 0.4) is 0 Å². The average Bonchev–Trinajstić information content (AvgIpc) is 2.83. The van der Waals surface area contributed by atoms with Gasteiger partial charge in [0, 0.05) is 24.1 Å². The number of allylic oxidation sites excluding steroid dienone is 3. The van der Waals surface area contributed by atoms with E-state index in [1.165, 1.54) is 13.1 Å². The van der Waals surface area contributed by atoms with Gasteiger partial charge in [-0.2, -0.15) is 0 Å². The van der Waals surface area contributed by atoms with Crippen LogP contribution >= 0.6 is 0 Å². The molecule has 25 heavy (non-hydrogen) atoms. The number of hydrogen-bond donors (Lipinski definition) is 3. The van der Waals surface area contributed by atoms with Crippen molar-refractivity contribution >= 4 is 34.4 Å². The summed E-state index contributed by atoms with van der Waals surface area (Å²) < 4.78 is 1.59. The molecule has 1 aliphatic rings. The first-order chi connectivity index (χ1) is 11.7. The molecular weight excluding hydrogens is 322 g/mol. The number of aliphatic hydroxyl groups is 1. The zero-order valence-corrected chi connectivity index (χ0v) is 14.2. The molecule has 0 fully saturated rings. The number of nitrogens with two attached hydrogens (primary N) is 2. The number of nitrogen functional groups attached to an aromatic ring is 1. The summed E-state index contributed by atoms with van der Waals surface area (Å²) in [6, 6.07) is 0. The minimum atomic E-state index is -0.752. The lowest BCUT2D eigenvalue weighted by Crippen LogP contribution is -2.17. The molecule has 5 N–H and O–H groups in total. The van der Waals surface area contributed by atoms with Crippen LogP contribution in [0.15, 0.2) is 23.6 Å². The highest BCUT2D eigenvalue weighted by Crippen LogP contribution is 2.38. The van der Waals surface area contributed by atoms with Crippen molar-refractivity contribution in [1.82, 2.24) is 14.5 Å². The van der Waals surface area contributed by atoms with E-state index in [-0.39, 0.29) is 40.1 Å². The molecule has 2 heterocycles. The Labute approximate surface area is 143 Å². The van der Waals surface area contributed by atoms with E-state index in [1.807, 2.05) is 6.92 Å². The van der Waals surface area contributed by atoms with Gasteiger partial charge in [0.1, 0.15) is 28.4 Å². The van der Waals surface area contributed by atoms with Crippen LogP contribution in [-0.2, 0) is 0 Å². The number of carbonyl (C=O) groups is 2. The fraction of sp³-hybridized carbons (Fsp3) is 0.294. The summed E-state index contributed by atoms with van der Waals surface area (Å²) in [5.74, 6) is -0.748. The number of primary amides is 1. The van der Waals surface area contributed by atoms with Crippen molar-refractivity contribution in [3.63, 3.8) is 0 Å². The SMILES string of the molecule is CC(=O)c1cnc2c(n1)c(C(N)=O)c(N)n2C1=C(C)C(O)=CCC1C. The minimum absolute atomic E-state index is 0.0205. The Kier molecular flexibility index (Phi) is 3.82. The number of carbonyl (C=O) groups excluding carboxylic acids is 2. The normalized spacial score (nSPS) is 17.7. The zero-order chi connectivity index (χ0) is 18.5. The summed E-state index contributed by atoms with van der Waals surface area (Å²) in [6.45, 7) is 5.11. The third-order valence-electron chi connectivity index (χ3n) is 4.45. The van der Waals surface area contributed by atoms with Gasteiger partial charge in [0.2, 0.25) is 0 Å². The monoisotopic (exact) mass is 341 g/mol. The molecule has 130 valence electrons. The number of hydrogen-bond acceptors (Lipinski definition) is 6. The van der Waals surface area contributed by atoms with Gasteiger partial charge in [-0.25, -0.2) is 9.97 Å². The summed E-state index contributed by atoms with van der Waals surface area (Å²) >= 11 is 0. The van der Waals surface area contributed by atoms with Crippen molar-refractivity contribution in [2.45, 2.75) is 27.2 Å². The van der Waals surface area contributed by atoms with E-state index in [1.54, 1.807) is 17.6 Å².